The van der Waals surface area contributed by atoms with Crippen molar-refractivity contribution in [3.05, 3.63) is 53.0 Å². The van der Waals surface area contributed by atoms with E-state index in [2.05, 4.69) is 25.9 Å². The predicted molar refractivity (Wildman–Crippen MR) is 94.3 cm³/mol. The van der Waals surface area contributed by atoms with Crippen molar-refractivity contribution in [2.45, 2.75) is 6.54 Å². The van der Waals surface area contributed by atoms with Gasteiger partial charge in [0.25, 0.3) is 0 Å². The molecule has 0 aromatic carbocycles. The number of aromatic nitrogens is 4. The van der Waals surface area contributed by atoms with E-state index in [0.717, 1.165) is 15.6 Å². The van der Waals surface area contributed by atoms with E-state index in [0.29, 0.717) is 11.5 Å². The summed E-state index contributed by atoms with van der Waals surface area (Å²) in [5.74, 6) is 0.574. The van der Waals surface area contributed by atoms with Gasteiger partial charge in [-0.05, 0) is 41.1 Å². The van der Waals surface area contributed by atoms with Gasteiger partial charge < -0.3 is 5.32 Å². The van der Waals surface area contributed by atoms with Gasteiger partial charge in [0.15, 0.2) is 11.5 Å². The summed E-state index contributed by atoms with van der Waals surface area (Å²) in [6, 6.07) is 11.2. The second kappa shape index (κ2) is 6.38. The van der Waals surface area contributed by atoms with Crippen LogP contribution in [-0.4, -0.2) is 25.8 Å². The van der Waals surface area contributed by atoms with Gasteiger partial charge >= 0.3 is 6.03 Å². The number of hydrogen-bond donors (Lipinski definition) is 2. The summed E-state index contributed by atoms with van der Waals surface area (Å²) in [4.78, 5) is 13.0. The number of anilines is 1. The molecule has 0 saturated carbocycles. The second-order valence-corrected chi connectivity index (χ2v) is 6.76. The fraction of sp³-hybridized carbons (Fsp3) is 0.0667. The van der Waals surface area contributed by atoms with Crippen LogP contribution in [-0.2, 0) is 6.54 Å². The average molecular weight is 356 g/mol. The Labute approximate surface area is 145 Å². The van der Waals surface area contributed by atoms with Gasteiger partial charge in [0, 0.05) is 0 Å². The quantitative estimate of drug-likeness (QED) is 0.588. The molecule has 0 radical (unpaired) electrons. The summed E-state index contributed by atoms with van der Waals surface area (Å²) in [5.41, 5.74) is 1.49. The van der Waals surface area contributed by atoms with Gasteiger partial charge in [0.1, 0.15) is 5.69 Å². The number of fused-ring (bicyclic) bond motifs is 1. The minimum Gasteiger partial charge on any atom is -0.330 e. The normalized spacial score (nSPS) is 10.8. The summed E-state index contributed by atoms with van der Waals surface area (Å²) < 4.78 is 1.65. The zero-order valence-electron chi connectivity index (χ0n) is 12.3. The number of thiophene rings is 2. The summed E-state index contributed by atoms with van der Waals surface area (Å²) in [7, 11) is 0. The Hall–Kier alpha value is -2.78. The first kappa shape index (κ1) is 14.8. The number of carbonyl (C=O) groups excluding carboxylic acids is 1. The summed E-state index contributed by atoms with van der Waals surface area (Å²) >= 11 is 3.08. The molecular formula is C15H12N6OS2. The molecule has 2 amide bonds. The molecule has 4 heterocycles. The summed E-state index contributed by atoms with van der Waals surface area (Å²) in [6.45, 7) is 0.235. The van der Waals surface area contributed by atoms with E-state index in [1.54, 1.807) is 15.9 Å². The van der Waals surface area contributed by atoms with Crippen LogP contribution in [0, 0.1) is 0 Å². The van der Waals surface area contributed by atoms with E-state index in [1.807, 2.05) is 47.2 Å². The fourth-order valence-corrected chi connectivity index (χ4v) is 3.47. The zero-order chi connectivity index (χ0) is 16.4. The Morgan fingerprint density at radius 3 is 2.75 bits per heavy atom. The van der Waals surface area contributed by atoms with Gasteiger partial charge in [-0.1, -0.05) is 6.07 Å². The molecule has 4 aromatic rings. The van der Waals surface area contributed by atoms with Crippen molar-refractivity contribution in [1.29, 1.82) is 0 Å². The molecule has 0 bridgehead atoms. The lowest BCUT2D eigenvalue weighted by molar-refractivity contribution is 0.251. The lowest BCUT2D eigenvalue weighted by Crippen LogP contribution is -2.28. The first-order valence-corrected chi connectivity index (χ1v) is 8.89. The van der Waals surface area contributed by atoms with Crippen molar-refractivity contribution in [3.8, 4) is 10.6 Å². The van der Waals surface area contributed by atoms with Crippen molar-refractivity contribution >= 4 is 39.4 Å². The average Bonchev–Trinajstić information content (AvgIpc) is 3.34. The molecule has 0 saturated heterocycles. The molecule has 0 fully saturated rings. The van der Waals surface area contributed by atoms with Crippen LogP contribution in [0.4, 0.5) is 9.80 Å². The van der Waals surface area contributed by atoms with Gasteiger partial charge in [0.05, 0.1) is 16.4 Å². The van der Waals surface area contributed by atoms with Crippen LogP contribution < -0.4 is 10.6 Å². The Morgan fingerprint density at radius 2 is 1.96 bits per heavy atom. The first-order valence-electron chi connectivity index (χ1n) is 7.13. The standard InChI is InChI=1S/C15H12N6OS2/c22-15(17-14-4-2-8-24-14)16-9-13-19-18-12-6-5-10(20-21(12)13)11-3-1-7-23-11/h1-8H,9H2,(H2,16,17,22). The van der Waals surface area contributed by atoms with Crippen molar-refractivity contribution in [2.75, 3.05) is 5.32 Å². The molecule has 2 N–H and O–H groups in total. The van der Waals surface area contributed by atoms with Crippen molar-refractivity contribution in [1.82, 2.24) is 25.1 Å². The molecule has 0 spiro atoms. The van der Waals surface area contributed by atoms with Crippen LogP contribution in [0.2, 0.25) is 0 Å². The fourth-order valence-electron chi connectivity index (χ4n) is 2.16. The van der Waals surface area contributed by atoms with Crippen LogP contribution in [0.25, 0.3) is 16.2 Å². The lowest BCUT2D eigenvalue weighted by Gasteiger charge is -2.05. The van der Waals surface area contributed by atoms with Gasteiger partial charge in [-0.2, -0.15) is 9.61 Å². The van der Waals surface area contributed by atoms with Gasteiger partial charge in [-0.3, -0.25) is 5.32 Å². The highest BCUT2D eigenvalue weighted by molar-refractivity contribution is 7.14. The van der Waals surface area contributed by atoms with Gasteiger partial charge in [0.2, 0.25) is 0 Å². The smallest absolute Gasteiger partial charge is 0.320 e. The third kappa shape index (κ3) is 2.99. The molecule has 4 aromatic heterocycles. The monoisotopic (exact) mass is 356 g/mol. The highest BCUT2D eigenvalue weighted by Crippen LogP contribution is 2.22. The number of amides is 2. The molecule has 24 heavy (non-hydrogen) atoms. The van der Waals surface area contributed by atoms with Crippen LogP contribution in [0.5, 0.6) is 0 Å². The summed E-state index contributed by atoms with van der Waals surface area (Å²) in [6.07, 6.45) is 0. The lowest BCUT2D eigenvalue weighted by atomic mass is 10.3. The van der Waals surface area contributed by atoms with E-state index >= 15 is 0 Å². The van der Waals surface area contributed by atoms with E-state index in [4.69, 9.17) is 0 Å². The summed E-state index contributed by atoms with van der Waals surface area (Å²) in [5, 5.41) is 23.0. The van der Waals surface area contributed by atoms with Gasteiger partial charge in [-0.15, -0.1) is 32.9 Å². The molecule has 0 aliphatic rings. The molecule has 0 unspecified atom stereocenters. The number of urea groups is 1. The molecule has 4 rings (SSSR count). The van der Waals surface area contributed by atoms with Crippen molar-refractivity contribution in [3.63, 3.8) is 0 Å². The van der Waals surface area contributed by atoms with E-state index in [1.165, 1.54) is 11.3 Å². The number of hydrogen-bond acceptors (Lipinski definition) is 6. The third-order valence-corrected chi connectivity index (χ3v) is 4.94. The minimum absolute atomic E-state index is 0.235. The van der Waals surface area contributed by atoms with Gasteiger partial charge in [-0.25, -0.2) is 4.79 Å². The number of nitrogens with zero attached hydrogens (tertiary/aromatic N) is 4. The van der Waals surface area contributed by atoms with E-state index in [-0.39, 0.29) is 12.6 Å². The van der Waals surface area contributed by atoms with Crippen LogP contribution in [0.3, 0.4) is 0 Å². The van der Waals surface area contributed by atoms with Crippen LogP contribution in [0.15, 0.2) is 47.2 Å². The van der Waals surface area contributed by atoms with Crippen molar-refractivity contribution < 1.29 is 4.79 Å². The molecular weight excluding hydrogens is 344 g/mol. The Kier molecular flexibility index (Phi) is 3.93. The Balaban J connectivity index is 1.51. The molecule has 0 atom stereocenters. The molecule has 9 heteroatoms. The maximum Gasteiger partial charge on any atom is 0.320 e. The Morgan fingerprint density at radius 1 is 1.08 bits per heavy atom. The number of rotatable bonds is 4. The topological polar surface area (TPSA) is 84.2 Å². The molecule has 0 aliphatic heterocycles. The van der Waals surface area contributed by atoms with Crippen LogP contribution in [0.1, 0.15) is 5.82 Å². The Bertz CT molecular complexity index is 961. The van der Waals surface area contributed by atoms with Crippen LogP contribution >= 0.6 is 22.7 Å². The van der Waals surface area contributed by atoms with Crippen molar-refractivity contribution in [2.24, 2.45) is 0 Å². The third-order valence-electron chi connectivity index (χ3n) is 3.27. The van der Waals surface area contributed by atoms with E-state index < -0.39 is 0 Å². The number of nitrogens with one attached hydrogen (secondary N) is 2. The molecule has 0 aliphatic carbocycles. The predicted octanol–water partition coefficient (Wildman–Crippen LogP) is 3.24. The number of carbonyl (C=O) groups is 1. The molecule has 7 nitrogen and oxygen atoms in total. The SMILES string of the molecule is O=C(NCc1nnc2ccc(-c3cccs3)nn12)Nc1cccs1. The minimum atomic E-state index is -0.288. The first-order chi connectivity index (χ1) is 11.8. The van der Waals surface area contributed by atoms with E-state index in [9.17, 15) is 4.79 Å². The highest BCUT2D eigenvalue weighted by Gasteiger charge is 2.10. The molecule has 120 valence electrons. The largest absolute Gasteiger partial charge is 0.330 e. The maximum absolute atomic E-state index is 11.9. The maximum atomic E-state index is 11.9. The highest BCUT2D eigenvalue weighted by atomic mass is 32.1. The zero-order valence-corrected chi connectivity index (χ0v) is 14.0. The second-order valence-electron chi connectivity index (χ2n) is 4.87.